The third-order valence-corrected chi connectivity index (χ3v) is 5.24. The fraction of sp³-hybridized carbons (Fsp3) is 0.474. The summed E-state index contributed by atoms with van der Waals surface area (Å²) in [6.07, 6.45) is 4.40. The lowest BCUT2D eigenvalue weighted by Crippen LogP contribution is -2.44. The molecule has 2 aliphatic rings. The molecule has 6 nitrogen and oxygen atoms in total. The van der Waals surface area contributed by atoms with E-state index >= 15 is 0 Å². The molecule has 2 aromatic rings. The van der Waals surface area contributed by atoms with Gasteiger partial charge in [-0.2, -0.15) is 0 Å². The molecule has 1 unspecified atom stereocenters. The molecule has 4 heterocycles. The Morgan fingerprint density at radius 3 is 2.80 bits per heavy atom. The van der Waals surface area contributed by atoms with Gasteiger partial charge in [0.25, 0.3) is 5.91 Å². The Balaban J connectivity index is 1.45. The number of anilines is 1. The summed E-state index contributed by atoms with van der Waals surface area (Å²) in [7, 11) is 2.13. The highest BCUT2D eigenvalue weighted by molar-refractivity contribution is 5.95. The number of amides is 1. The molecule has 0 aliphatic carbocycles. The maximum atomic E-state index is 12.9. The number of carbonyl (C=O) groups is 1. The van der Waals surface area contributed by atoms with Crippen molar-refractivity contribution < 1.29 is 9.21 Å². The number of aromatic nitrogens is 1. The van der Waals surface area contributed by atoms with E-state index < -0.39 is 0 Å². The SMILES string of the molecule is CN1CCN(c2cc(C(=O)N3CCC(c4ccco4)C3)ccn2)CC1. The number of pyridine rings is 1. The molecule has 2 fully saturated rings. The average Bonchev–Trinajstić information content (AvgIpc) is 3.33. The van der Waals surface area contributed by atoms with Crippen LogP contribution in [0.15, 0.2) is 41.1 Å². The monoisotopic (exact) mass is 340 g/mol. The van der Waals surface area contributed by atoms with Gasteiger partial charge in [-0.25, -0.2) is 4.98 Å². The van der Waals surface area contributed by atoms with E-state index in [1.54, 1.807) is 12.5 Å². The van der Waals surface area contributed by atoms with Crippen LogP contribution in [0.3, 0.4) is 0 Å². The van der Waals surface area contributed by atoms with Crippen LogP contribution in [0.1, 0.15) is 28.5 Å². The molecule has 0 bridgehead atoms. The smallest absolute Gasteiger partial charge is 0.254 e. The van der Waals surface area contributed by atoms with Gasteiger partial charge in [0.05, 0.1) is 6.26 Å². The number of piperazine rings is 1. The minimum Gasteiger partial charge on any atom is -0.469 e. The van der Waals surface area contributed by atoms with Gasteiger partial charge in [-0.15, -0.1) is 0 Å². The standard InChI is InChI=1S/C19H24N4O2/c1-21-8-10-22(11-9-21)18-13-15(4-6-20-18)19(24)23-7-5-16(14-23)17-3-2-12-25-17/h2-4,6,12-13,16H,5,7-11,14H2,1H3. The predicted molar refractivity (Wildman–Crippen MR) is 95.9 cm³/mol. The minimum absolute atomic E-state index is 0.0897. The zero-order valence-corrected chi connectivity index (χ0v) is 14.6. The molecule has 25 heavy (non-hydrogen) atoms. The molecule has 132 valence electrons. The Labute approximate surface area is 148 Å². The largest absolute Gasteiger partial charge is 0.469 e. The van der Waals surface area contributed by atoms with Gasteiger partial charge in [-0.05, 0) is 37.7 Å². The summed E-state index contributed by atoms with van der Waals surface area (Å²) in [5, 5.41) is 0. The first-order valence-corrected chi connectivity index (χ1v) is 8.93. The van der Waals surface area contributed by atoms with Crippen molar-refractivity contribution in [3.63, 3.8) is 0 Å². The van der Waals surface area contributed by atoms with E-state index in [1.807, 2.05) is 29.2 Å². The second kappa shape index (κ2) is 6.88. The fourth-order valence-electron chi connectivity index (χ4n) is 3.64. The van der Waals surface area contributed by atoms with Crippen LogP contribution in [-0.2, 0) is 0 Å². The van der Waals surface area contributed by atoms with Crippen LogP contribution in [-0.4, -0.2) is 67.0 Å². The lowest BCUT2D eigenvalue weighted by Gasteiger charge is -2.33. The van der Waals surface area contributed by atoms with Crippen molar-refractivity contribution in [3.8, 4) is 0 Å². The molecular weight excluding hydrogens is 316 g/mol. The summed E-state index contributed by atoms with van der Waals surface area (Å²) in [5.41, 5.74) is 0.726. The number of carbonyl (C=O) groups excluding carboxylic acids is 1. The third-order valence-electron chi connectivity index (χ3n) is 5.24. The van der Waals surface area contributed by atoms with E-state index in [9.17, 15) is 4.79 Å². The van der Waals surface area contributed by atoms with Gasteiger partial charge in [0.15, 0.2) is 0 Å². The summed E-state index contributed by atoms with van der Waals surface area (Å²) in [6, 6.07) is 7.66. The number of furan rings is 1. The van der Waals surface area contributed by atoms with E-state index in [4.69, 9.17) is 4.42 Å². The van der Waals surface area contributed by atoms with Crippen molar-refractivity contribution >= 4 is 11.7 Å². The van der Waals surface area contributed by atoms with Gasteiger partial charge >= 0.3 is 0 Å². The van der Waals surface area contributed by atoms with Gasteiger partial charge in [0, 0.05) is 56.9 Å². The first kappa shape index (κ1) is 16.1. The Hall–Kier alpha value is -2.34. The van der Waals surface area contributed by atoms with E-state index in [2.05, 4.69) is 21.8 Å². The molecule has 2 aromatic heterocycles. The number of hydrogen-bond donors (Lipinski definition) is 0. The maximum Gasteiger partial charge on any atom is 0.254 e. The highest BCUT2D eigenvalue weighted by atomic mass is 16.3. The van der Waals surface area contributed by atoms with Gasteiger partial charge in [0.1, 0.15) is 11.6 Å². The molecule has 1 atom stereocenters. The van der Waals surface area contributed by atoms with Crippen LogP contribution in [0, 0.1) is 0 Å². The summed E-state index contributed by atoms with van der Waals surface area (Å²) in [6.45, 7) is 5.44. The zero-order chi connectivity index (χ0) is 17.2. The molecule has 6 heteroatoms. The number of rotatable bonds is 3. The average molecular weight is 340 g/mol. The van der Waals surface area contributed by atoms with Gasteiger partial charge < -0.3 is 19.1 Å². The number of likely N-dealkylation sites (N-methyl/N-ethyl adjacent to an activating group) is 1. The van der Waals surface area contributed by atoms with Crippen LogP contribution < -0.4 is 4.90 Å². The van der Waals surface area contributed by atoms with Crippen LogP contribution in [0.2, 0.25) is 0 Å². The van der Waals surface area contributed by atoms with Crippen LogP contribution in [0.25, 0.3) is 0 Å². The highest BCUT2D eigenvalue weighted by Crippen LogP contribution is 2.28. The second-order valence-corrected chi connectivity index (χ2v) is 6.95. The molecule has 1 amide bonds. The summed E-state index contributed by atoms with van der Waals surface area (Å²) < 4.78 is 5.50. The van der Waals surface area contributed by atoms with Gasteiger partial charge in [0.2, 0.25) is 0 Å². The van der Waals surface area contributed by atoms with Gasteiger partial charge in [-0.1, -0.05) is 0 Å². The molecule has 4 rings (SSSR count). The molecule has 2 aliphatic heterocycles. The first-order chi connectivity index (χ1) is 12.2. The molecule has 2 saturated heterocycles. The van der Waals surface area contributed by atoms with Crippen LogP contribution in [0.4, 0.5) is 5.82 Å². The van der Waals surface area contributed by atoms with Crippen LogP contribution in [0.5, 0.6) is 0 Å². The number of nitrogens with zero attached hydrogens (tertiary/aromatic N) is 4. The third kappa shape index (κ3) is 3.39. The number of hydrogen-bond acceptors (Lipinski definition) is 5. The molecule has 0 radical (unpaired) electrons. The van der Waals surface area contributed by atoms with Crippen molar-refractivity contribution in [3.05, 3.63) is 48.0 Å². The fourth-order valence-corrected chi connectivity index (χ4v) is 3.64. The summed E-state index contributed by atoms with van der Waals surface area (Å²) >= 11 is 0. The molecular formula is C19H24N4O2. The summed E-state index contributed by atoms with van der Waals surface area (Å²) in [4.78, 5) is 23.9. The van der Waals surface area contributed by atoms with E-state index in [-0.39, 0.29) is 5.91 Å². The van der Waals surface area contributed by atoms with Crippen molar-refractivity contribution in [1.82, 2.24) is 14.8 Å². The van der Waals surface area contributed by atoms with Crippen molar-refractivity contribution in [2.75, 3.05) is 51.2 Å². The zero-order valence-electron chi connectivity index (χ0n) is 14.6. The highest BCUT2D eigenvalue weighted by Gasteiger charge is 2.29. The van der Waals surface area contributed by atoms with E-state index in [1.165, 1.54) is 0 Å². The molecule has 0 spiro atoms. The maximum absolute atomic E-state index is 12.9. The normalized spacial score (nSPS) is 21.7. The quantitative estimate of drug-likeness (QED) is 0.856. The topological polar surface area (TPSA) is 52.8 Å². The van der Waals surface area contributed by atoms with Crippen molar-refractivity contribution in [2.24, 2.45) is 0 Å². The molecule has 0 N–H and O–H groups in total. The van der Waals surface area contributed by atoms with Gasteiger partial charge in [-0.3, -0.25) is 4.79 Å². The first-order valence-electron chi connectivity index (χ1n) is 8.93. The predicted octanol–water partition coefficient (Wildman–Crippen LogP) is 2.06. The Morgan fingerprint density at radius 1 is 1.20 bits per heavy atom. The lowest BCUT2D eigenvalue weighted by atomic mass is 10.1. The van der Waals surface area contributed by atoms with Crippen molar-refractivity contribution in [2.45, 2.75) is 12.3 Å². The van der Waals surface area contributed by atoms with E-state index in [0.717, 1.165) is 62.8 Å². The Bertz CT molecular complexity index is 723. The summed E-state index contributed by atoms with van der Waals surface area (Å²) in [5.74, 6) is 2.27. The second-order valence-electron chi connectivity index (χ2n) is 6.95. The Morgan fingerprint density at radius 2 is 2.04 bits per heavy atom. The van der Waals surface area contributed by atoms with Crippen LogP contribution >= 0.6 is 0 Å². The Kier molecular flexibility index (Phi) is 4.44. The van der Waals surface area contributed by atoms with E-state index in [0.29, 0.717) is 5.92 Å². The molecule has 0 aromatic carbocycles. The lowest BCUT2D eigenvalue weighted by molar-refractivity contribution is 0.0790. The minimum atomic E-state index is 0.0897. The van der Waals surface area contributed by atoms with Crippen molar-refractivity contribution in [1.29, 1.82) is 0 Å². The number of likely N-dealkylation sites (tertiary alicyclic amines) is 1. The molecule has 0 saturated carbocycles.